The Labute approximate surface area is 84.1 Å². The second-order valence-electron chi connectivity index (χ2n) is 3.51. The number of nitrogens with one attached hydrogen (secondary N) is 1. The third-order valence-corrected chi connectivity index (χ3v) is 2.91. The molecule has 0 saturated heterocycles. The van der Waals surface area contributed by atoms with Crippen LogP contribution >= 0.6 is 11.6 Å². The third kappa shape index (κ3) is 1.72. The van der Waals surface area contributed by atoms with Gasteiger partial charge in [-0.15, -0.1) is 0 Å². The van der Waals surface area contributed by atoms with E-state index in [1.54, 1.807) is 0 Å². The lowest BCUT2D eigenvalue weighted by atomic mass is 9.93. The van der Waals surface area contributed by atoms with Gasteiger partial charge in [0.15, 0.2) is 0 Å². The third-order valence-electron chi connectivity index (χ3n) is 2.68. The molecule has 1 heterocycles. The number of hydrogen-bond acceptors (Lipinski definition) is 1. The molecular formula is C11H14ClN. The summed E-state index contributed by atoms with van der Waals surface area (Å²) in [7, 11) is 0. The maximum absolute atomic E-state index is 5.97. The first-order valence-electron chi connectivity index (χ1n) is 4.83. The van der Waals surface area contributed by atoms with Gasteiger partial charge in [0, 0.05) is 11.1 Å². The first kappa shape index (κ1) is 9.04. The molecule has 0 bridgehead atoms. The van der Waals surface area contributed by atoms with Gasteiger partial charge in [0.25, 0.3) is 0 Å². The summed E-state index contributed by atoms with van der Waals surface area (Å²) < 4.78 is 0. The van der Waals surface area contributed by atoms with Crippen LogP contribution < -0.4 is 5.32 Å². The fraction of sp³-hybridized carbons (Fsp3) is 0.455. The summed E-state index contributed by atoms with van der Waals surface area (Å²) in [4.78, 5) is 0. The molecule has 2 heteroatoms. The van der Waals surface area contributed by atoms with Crippen molar-refractivity contribution in [2.24, 2.45) is 0 Å². The van der Waals surface area contributed by atoms with Gasteiger partial charge in [0.1, 0.15) is 0 Å². The Morgan fingerprint density at radius 3 is 3.15 bits per heavy atom. The summed E-state index contributed by atoms with van der Waals surface area (Å²) in [5, 5.41) is 4.34. The number of rotatable bonds is 1. The Balaban J connectivity index is 2.41. The summed E-state index contributed by atoms with van der Waals surface area (Å²) >= 11 is 5.97. The predicted octanol–water partition coefficient (Wildman–Crippen LogP) is 2.94. The van der Waals surface area contributed by atoms with Gasteiger partial charge < -0.3 is 5.32 Å². The van der Waals surface area contributed by atoms with Crippen LogP contribution in [0.4, 0.5) is 0 Å². The van der Waals surface area contributed by atoms with Gasteiger partial charge in [-0.3, -0.25) is 0 Å². The van der Waals surface area contributed by atoms with Crippen molar-refractivity contribution in [3.05, 3.63) is 34.3 Å². The van der Waals surface area contributed by atoms with Crippen molar-refractivity contribution in [3.8, 4) is 0 Å². The average molecular weight is 196 g/mol. The molecule has 0 saturated carbocycles. The van der Waals surface area contributed by atoms with Crippen molar-refractivity contribution in [1.82, 2.24) is 5.32 Å². The van der Waals surface area contributed by atoms with Crippen molar-refractivity contribution in [3.63, 3.8) is 0 Å². The van der Waals surface area contributed by atoms with Gasteiger partial charge >= 0.3 is 0 Å². The lowest BCUT2D eigenvalue weighted by Crippen LogP contribution is -2.29. The van der Waals surface area contributed by atoms with Crippen LogP contribution in [0.25, 0.3) is 0 Å². The lowest BCUT2D eigenvalue weighted by Gasteiger charge is -2.26. The van der Waals surface area contributed by atoms with Crippen molar-refractivity contribution in [2.45, 2.75) is 25.8 Å². The Hall–Kier alpha value is -0.530. The first-order chi connectivity index (χ1) is 6.31. The van der Waals surface area contributed by atoms with Crippen LogP contribution in [0, 0.1) is 0 Å². The quantitative estimate of drug-likeness (QED) is 0.727. The van der Waals surface area contributed by atoms with Crippen LogP contribution in [0.2, 0.25) is 5.02 Å². The molecule has 70 valence electrons. The molecule has 1 aromatic rings. The standard InChI is InChI=1S/C11H14ClN/c1-2-11-10-7-9(12)4-3-8(10)5-6-13-11/h3-4,7,11,13H,2,5-6H2,1H3. The van der Waals surface area contributed by atoms with E-state index in [-0.39, 0.29) is 0 Å². The fourth-order valence-electron chi connectivity index (χ4n) is 1.97. The first-order valence-corrected chi connectivity index (χ1v) is 5.20. The van der Waals surface area contributed by atoms with Crippen molar-refractivity contribution in [2.75, 3.05) is 6.54 Å². The molecule has 0 aromatic heterocycles. The van der Waals surface area contributed by atoms with Crippen molar-refractivity contribution >= 4 is 11.6 Å². The van der Waals surface area contributed by atoms with E-state index in [0.29, 0.717) is 6.04 Å². The molecule has 0 aliphatic carbocycles. The minimum atomic E-state index is 0.502. The highest BCUT2D eigenvalue weighted by molar-refractivity contribution is 6.30. The number of halogens is 1. The van der Waals surface area contributed by atoms with Crippen LogP contribution in [0.15, 0.2) is 18.2 Å². The van der Waals surface area contributed by atoms with Gasteiger partial charge in [-0.2, -0.15) is 0 Å². The largest absolute Gasteiger partial charge is 0.310 e. The Morgan fingerprint density at radius 1 is 1.54 bits per heavy atom. The lowest BCUT2D eigenvalue weighted by molar-refractivity contribution is 0.493. The van der Waals surface area contributed by atoms with Crippen LogP contribution in [0.5, 0.6) is 0 Å². The minimum Gasteiger partial charge on any atom is -0.310 e. The second-order valence-corrected chi connectivity index (χ2v) is 3.94. The molecule has 1 aliphatic rings. The molecule has 1 unspecified atom stereocenters. The highest BCUT2D eigenvalue weighted by atomic mass is 35.5. The molecule has 0 radical (unpaired) electrons. The maximum atomic E-state index is 5.97. The van der Waals surface area contributed by atoms with Gasteiger partial charge in [-0.25, -0.2) is 0 Å². The summed E-state index contributed by atoms with van der Waals surface area (Å²) in [6, 6.07) is 6.74. The molecule has 13 heavy (non-hydrogen) atoms. The van der Waals surface area contributed by atoms with Crippen LogP contribution in [0.3, 0.4) is 0 Å². The Morgan fingerprint density at radius 2 is 2.38 bits per heavy atom. The minimum absolute atomic E-state index is 0.502. The summed E-state index contributed by atoms with van der Waals surface area (Å²) in [6.45, 7) is 3.29. The average Bonchev–Trinajstić information content (AvgIpc) is 2.17. The zero-order valence-corrected chi connectivity index (χ0v) is 8.56. The SMILES string of the molecule is CCC1NCCc2ccc(Cl)cc21. The molecule has 2 rings (SSSR count). The zero-order valence-electron chi connectivity index (χ0n) is 7.81. The number of fused-ring (bicyclic) bond motifs is 1. The normalized spacial score (nSPS) is 21.2. The molecule has 0 fully saturated rings. The van der Waals surface area contributed by atoms with E-state index < -0.39 is 0 Å². The van der Waals surface area contributed by atoms with Crippen molar-refractivity contribution in [1.29, 1.82) is 0 Å². The summed E-state index contributed by atoms with van der Waals surface area (Å²) in [6.07, 6.45) is 2.26. The van der Waals surface area contributed by atoms with Gasteiger partial charge in [-0.05, 0) is 42.6 Å². The van der Waals surface area contributed by atoms with E-state index in [4.69, 9.17) is 11.6 Å². The molecule has 1 atom stereocenters. The van der Waals surface area contributed by atoms with E-state index in [9.17, 15) is 0 Å². The second kappa shape index (κ2) is 3.69. The van der Waals surface area contributed by atoms with E-state index >= 15 is 0 Å². The monoisotopic (exact) mass is 195 g/mol. The number of hydrogen-bond donors (Lipinski definition) is 1. The molecule has 0 spiro atoms. The maximum Gasteiger partial charge on any atom is 0.0409 e. The highest BCUT2D eigenvalue weighted by Crippen LogP contribution is 2.27. The van der Waals surface area contributed by atoms with Crippen molar-refractivity contribution < 1.29 is 0 Å². The zero-order chi connectivity index (χ0) is 9.26. The van der Waals surface area contributed by atoms with Crippen LogP contribution in [-0.4, -0.2) is 6.54 Å². The van der Waals surface area contributed by atoms with Crippen LogP contribution in [0.1, 0.15) is 30.5 Å². The number of benzene rings is 1. The fourth-order valence-corrected chi connectivity index (χ4v) is 2.15. The Kier molecular flexibility index (Phi) is 2.56. The van der Waals surface area contributed by atoms with E-state index in [0.717, 1.165) is 24.4 Å². The van der Waals surface area contributed by atoms with Crippen LogP contribution in [-0.2, 0) is 6.42 Å². The topological polar surface area (TPSA) is 12.0 Å². The molecular weight excluding hydrogens is 182 g/mol. The summed E-state index contributed by atoms with van der Waals surface area (Å²) in [5.74, 6) is 0. The molecule has 1 aromatic carbocycles. The molecule has 1 aliphatic heterocycles. The highest BCUT2D eigenvalue weighted by Gasteiger charge is 2.17. The van der Waals surface area contributed by atoms with Gasteiger partial charge in [0.05, 0.1) is 0 Å². The molecule has 0 amide bonds. The van der Waals surface area contributed by atoms with E-state index in [2.05, 4.69) is 24.4 Å². The summed E-state index contributed by atoms with van der Waals surface area (Å²) in [5.41, 5.74) is 2.84. The smallest absolute Gasteiger partial charge is 0.0409 e. The van der Waals surface area contributed by atoms with Gasteiger partial charge in [-0.1, -0.05) is 24.6 Å². The van der Waals surface area contributed by atoms with E-state index in [1.807, 2.05) is 6.07 Å². The Bertz CT molecular complexity index is 309. The molecule has 1 nitrogen and oxygen atoms in total. The molecule has 1 N–H and O–H groups in total. The van der Waals surface area contributed by atoms with E-state index in [1.165, 1.54) is 11.1 Å². The predicted molar refractivity (Wildman–Crippen MR) is 56.2 cm³/mol. The van der Waals surface area contributed by atoms with Gasteiger partial charge in [0.2, 0.25) is 0 Å².